The van der Waals surface area contributed by atoms with E-state index in [1.807, 2.05) is 33.8 Å². The first kappa shape index (κ1) is 37.2. The monoisotopic (exact) mass is 584 g/mol. The third-order valence-corrected chi connectivity index (χ3v) is 7.54. The molecule has 0 saturated heterocycles. The lowest BCUT2D eigenvalue weighted by Gasteiger charge is -2.31. The van der Waals surface area contributed by atoms with Crippen LogP contribution < -0.4 is 0 Å². The molecular formula is C35H52O7. The number of carbonyl (C=O) groups excluding carboxylic acids is 2. The summed E-state index contributed by atoms with van der Waals surface area (Å²) < 4.78 is 5.83. The Kier molecular flexibility index (Phi) is 17.8. The van der Waals surface area contributed by atoms with Crippen LogP contribution in [0.2, 0.25) is 0 Å². The summed E-state index contributed by atoms with van der Waals surface area (Å²) in [5.74, 6) is -1.32. The van der Waals surface area contributed by atoms with Crippen LogP contribution in [0, 0.1) is 11.8 Å². The summed E-state index contributed by atoms with van der Waals surface area (Å²) in [6.07, 6.45) is 17.7. The molecule has 0 aliphatic carbocycles. The van der Waals surface area contributed by atoms with Gasteiger partial charge in [0, 0.05) is 12.3 Å². The molecular weight excluding hydrogens is 532 g/mol. The van der Waals surface area contributed by atoms with E-state index in [1.165, 1.54) is 6.08 Å². The SMILES string of the molecule is CCC[C@H](O)CC[C@@H](C)[C@@H](O)[C@H](C)[C@H]1C\C=C/C=C\C=C/[C@@H](O)C(=O)\C(C)=C/C=C\C(C)=C/[C@@H](O)/C(C)=C\CC(=O)O1. The molecule has 0 aromatic rings. The van der Waals surface area contributed by atoms with Crippen LogP contribution in [-0.2, 0) is 14.3 Å². The van der Waals surface area contributed by atoms with Crippen LogP contribution in [0.25, 0.3) is 0 Å². The molecule has 4 N–H and O–H groups in total. The lowest BCUT2D eigenvalue weighted by atomic mass is 9.85. The molecule has 0 saturated carbocycles. The van der Waals surface area contributed by atoms with Gasteiger partial charge in [-0.25, -0.2) is 0 Å². The second-order valence-electron chi connectivity index (χ2n) is 11.3. The van der Waals surface area contributed by atoms with Crippen molar-refractivity contribution in [2.24, 2.45) is 11.8 Å². The number of carbonyl (C=O) groups is 2. The van der Waals surface area contributed by atoms with Crippen molar-refractivity contribution >= 4 is 11.8 Å². The van der Waals surface area contributed by atoms with Crippen molar-refractivity contribution in [3.05, 3.63) is 83.6 Å². The maximum atomic E-state index is 12.8. The molecule has 1 aliphatic heterocycles. The molecule has 0 fully saturated rings. The molecule has 1 rings (SSSR count). The van der Waals surface area contributed by atoms with Gasteiger partial charge in [-0.1, -0.05) is 87.4 Å². The van der Waals surface area contributed by atoms with Gasteiger partial charge in [0.25, 0.3) is 0 Å². The Morgan fingerprint density at radius 3 is 2.31 bits per heavy atom. The number of cyclic esters (lactones) is 1. The standard InChI is InChI=1S/C35H52O7/c1-7-14-29(36)21-19-27(5)34(40)28(6)32-18-12-10-8-9-11-17-30(37)35(41)26(4)16-13-15-24(2)23-31(38)25(3)20-22-33(39)42-32/h8-13,15-17,20,23,27-32,34,36-38,40H,7,14,18-19,21-22H2,1-6H3/b9-8-,12-10-,15-13-,17-11-,24-23-,25-20-,26-16-/t27-,28-,29+,30-,31-,32-,34-/m1/s1. The van der Waals surface area contributed by atoms with E-state index in [0.29, 0.717) is 30.4 Å². The number of ketones is 1. The Bertz CT molecular complexity index is 1060. The maximum absolute atomic E-state index is 12.8. The van der Waals surface area contributed by atoms with E-state index < -0.39 is 36.2 Å². The molecule has 7 heteroatoms. The normalized spacial score (nSPS) is 31.6. The molecule has 234 valence electrons. The largest absolute Gasteiger partial charge is 0.461 e. The average molecular weight is 585 g/mol. The number of aliphatic hydroxyl groups is 4. The van der Waals surface area contributed by atoms with E-state index in [9.17, 15) is 30.0 Å². The molecule has 0 aromatic carbocycles. The van der Waals surface area contributed by atoms with Crippen molar-refractivity contribution < 1.29 is 34.8 Å². The summed E-state index contributed by atoms with van der Waals surface area (Å²) in [6, 6.07) is 0. The fourth-order valence-corrected chi connectivity index (χ4v) is 4.57. The van der Waals surface area contributed by atoms with Crippen molar-refractivity contribution in [3.63, 3.8) is 0 Å². The third kappa shape index (κ3) is 14.4. The van der Waals surface area contributed by atoms with Crippen molar-refractivity contribution in [3.8, 4) is 0 Å². The Morgan fingerprint density at radius 2 is 1.62 bits per heavy atom. The zero-order valence-corrected chi connectivity index (χ0v) is 26.1. The van der Waals surface area contributed by atoms with Gasteiger partial charge in [-0.3, -0.25) is 9.59 Å². The van der Waals surface area contributed by atoms with Crippen LogP contribution in [0.1, 0.15) is 80.1 Å². The van der Waals surface area contributed by atoms with Crippen LogP contribution in [0.15, 0.2) is 83.6 Å². The van der Waals surface area contributed by atoms with Crippen LogP contribution in [0.3, 0.4) is 0 Å². The van der Waals surface area contributed by atoms with Crippen LogP contribution in [0.5, 0.6) is 0 Å². The number of hydrogen-bond acceptors (Lipinski definition) is 7. The van der Waals surface area contributed by atoms with Gasteiger partial charge in [-0.2, -0.15) is 0 Å². The maximum Gasteiger partial charge on any atom is 0.309 e. The van der Waals surface area contributed by atoms with E-state index >= 15 is 0 Å². The highest BCUT2D eigenvalue weighted by atomic mass is 16.5. The molecule has 42 heavy (non-hydrogen) atoms. The van der Waals surface area contributed by atoms with E-state index in [1.54, 1.807) is 68.5 Å². The van der Waals surface area contributed by atoms with Crippen molar-refractivity contribution in [2.45, 2.75) is 111 Å². The number of hydrogen-bond donors (Lipinski definition) is 4. The second-order valence-corrected chi connectivity index (χ2v) is 11.3. The Hall–Kier alpha value is -2.84. The lowest BCUT2D eigenvalue weighted by Crippen LogP contribution is -2.37. The topological polar surface area (TPSA) is 124 Å². The summed E-state index contributed by atoms with van der Waals surface area (Å²) in [5.41, 5.74) is 1.74. The fourth-order valence-electron chi connectivity index (χ4n) is 4.57. The highest BCUT2D eigenvalue weighted by Crippen LogP contribution is 2.26. The van der Waals surface area contributed by atoms with Gasteiger partial charge in [0.15, 0.2) is 5.78 Å². The van der Waals surface area contributed by atoms with Crippen LogP contribution in [0.4, 0.5) is 0 Å². The highest BCUT2D eigenvalue weighted by Gasteiger charge is 2.30. The summed E-state index contributed by atoms with van der Waals surface area (Å²) in [4.78, 5) is 25.3. The smallest absolute Gasteiger partial charge is 0.309 e. The number of rotatable bonds is 8. The zero-order chi connectivity index (χ0) is 31.7. The Labute approximate surface area is 252 Å². The minimum absolute atomic E-state index is 0.0233. The first-order chi connectivity index (χ1) is 19.9. The van der Waals surface area contributed by atoms with Crippen LogP contribution >= 0.6 is 0 Å². The second kappa shape index (κ2) is 20.1. The first-order valence-corrected chi connectivity index (χ1v) is 15.0. The average Bonchev–Trinajstić information content (AvgIpc) is 2.95. The Morgan fingerprint density at radius 1 is 0.929 bits per heavy atom. The summed E-state index contributed by atoms with van der Waals surface area (Å²) in [6.45, 7) is 11.0. The predicted octanol–water partition coefficient (Wildman–Crippen LogP) is 5.62. The Balaban J connectivity index is 3.19. The molecule has 0 amide bonds. The van der Waals surface area contributed by atoms with Gasteiger partial charge in [-0.05, 0) is 69.2 Å². The molecule has 0 bridgehead atoms. The van der Waals surface area contributed by atoms with Gasteiger partial charge in [0.05, 0.1) is 24.7 Å². The van der Waals surface area contributed by atoms with Crippen LogP contribution in [-0.4, -0.2) is 62.7 Å². The molecule has 0 spiro atoms. The molecule has 1 aliphatic rings. The summed E-state index contributed by atoms with van der Waals surface area (Å²) in [5, 5.41) is 42.0. The van der Waals surface area contributed by atoms with Gasteiger partial charge in [-0.15, -0.1) is 0 Å². The predicted molar refractivity (Wildman–Crippen MR) is 168 cm³/mol. The lowest BCUT2D eigenvalue weighted by molar-refractivity contribution is -0.153. The minimum Gasteiger partial charge on any atom is -0.461 e. The van der Waals surface area contributed by atoms with E-state index in [4.69, 9.17) is 4.74 Å². The summed E-state index contributed by atoms with van der Waals surface area (Å²) >= 11 is 0. The van der Waals surface area contributed by atoms with Gasteiger partial charge in [0.1, 0.15) is 12.2 Å². The molecule has 7 atom stereocenters. The first-order valence-electron chi connectivity index (χ1n) is 15.0. The number of Topliss-reactive ketones (excluding diaryl/α,β-unsaturated/α-hetero) is 1. The van der Waals surface area contributed by atoms with Gasteiger partial charge < -0.3 is 25.2 Å². The molecule has 0 aromatic heterocycles. The fraction of sp³-hybridized carbons (Fsp3) is 0.543. The van der Waals surface area contributed by atoms with Crippen molar-refractivity contribution in [1.82, 2.24) is 0 Å². The minimum atomic E-state index is -1.27. The molecule has 7 nitrogen and oxygen atoms in total. The molecule has 0 radical (unpaired) electrons. The number of esters is 1. The third-order valence-electron chi connectivity index (χ3n) is 7.54. The zero-order valence-electron chi connectivity index (χ0n) is 26.1. The number of aliphatic hydroxyl groups excluding tert-OH is 4. The number of allylic oxidation sites excluding steroid dienone is 8. The number of ether oxygens (including phenoxy) is 1. The molecule has 1 heterocycles. The quantitative estimate of drug-likeness (QED) is 0.216. The highest BCUT2D eigenvalue weighted by molar-refractivity contribution is 5.99. The summed E-state index contributed by atoms with van der Waals surface area (Å²) in [7, 11) is 0. The van der Waals surface area contributed by atoms with E-state index in [0.717, 1.165) is 18.4 Å². The molecule has 0 unspecified atom stereocenters. The van der Waals surface area contributed by atoms with Crippen molar-refractivity contribution in [1.29, 1.82) is 0 Å². The van der Waals surface area contributed by atoms with Gasteiger partial charge in [0.2, 0.25) is 0 Å². The van der Waals surface area contributed by atoms with E-state index in [-0.39, 0.29) is 24.4 Å². The van der Waals surface area contributed by atoms with E-state index in [2.05, 4.69) is 0 Å². The van der Waals surface area contributed by atoms with Crippen molar-refractivity contribution in [2.75, 3.05) is 0 Å². The van der Waals surface area contributed by atoms with Gasteiger partial charge >= 0.3 is 5.97 Å².